The maximum Gasteiger partial charge on any atom is 0.124 e. The van der Waals surface area contributed by atoms with Crippen molar-refractivity contribution in [2.45, 2.75) is 39.3 Å². The Kier molecular flexibility index (Phi) is 4.78. The number of aliphatic hydroxyl groups is 1. The van der Waals surface area contributed by atoms with Gasteiger partial charge in [-0.15, -0.1) is 0 Å². The van der Waals surface area contributed by atoms with Gasteiger partial charge in [-0.3, -0.25) is 4.68 Å². The van der Waals surface area contributed by atoms with Gasteiger partial charge >= 0.3 is 0 Å². The molecule has 0 aliphatic rings. The summed E-state index contributed by atoms with van der Waals surface area (Å²) < 4.78 is 14.9. The van der Waals surface area contributed by atoms with Crippen LogP contribution in [-0.4, -0.2) is 14.9 Å². The lowest BCUT2D eigenvalue weighted by Crippen LogP contribution is -2.09. The number of aliphatic hydroxyl groups excluding tert-OH is 1. The fourth-order valence-corrected chi connectivity index (χ4v) is 2.50. The molecule has 20 heavy (non-hydrogen) atoms. The fraction of sp³-hybridized carbons (Fsp3) is 0.400. The highest BCUT2D eigenvalue weighted by atomic mass is 35.5. The minimum Gasteiger partial charge on any atom is -0.388 e. The lowest BCUT2D eigenvalue weighted by Gasteiger charge is -2.13. The average Bonchev–Trinajstić information content (AvgIpc) is 2.80. The lowest BCUT2D eigenvalue weighted by molar-refractivity contribution is 0.175. The Balaban J connectivity index is 2.22. The van der Waals surface area contributed by atoms with E-state index in [1.54, 1.807) is 0 Å². The zero-order valence-electron chi connectivity index (χ0n) is 11.6. The summed E-state index contributed by atoms with van der Waals surface area (Å²) in [6, 6.07) is 6.04. The third kappa shape index (κ3) is 3.19. The van der Waals surface area contributed by atoms with Crippen molar-refractivity contribution in [3.63, 3.8) is 0 Å². The van der Waals surface area contributed by atoms with Crippen LogP contribution in [0.5, 0.6) is 0 Å². The summed E-state index contributed by atoms with van der Waals surface area (Å²) in [6.45, 7) is 4.80. The number of benzene rings is 1. The van der Waals surface area contributed by atoms with E-state index < -0.39 is 11.9 Å². The molecule has 1 heterocycles. The minimum atomic E-state index is -0.769. The number of rotatable bonds is 5. The number of aromatic nitrogens is 2. The monoisotopic (exact) mass is 296 g/mol. The molecule has 0 fully saturated rings. The molecule has 2 rings (SSSR count). The van der Waals surface area contributed by atoms with Crippen molar-refractivity contribution in [2.24, 2.45) is 0 Å². The van der Waals surface area contributed by atoms with Crippen LogP contribution in [0.2, 0.25) is 5.02 Å². The first-order chi connectivity index (χ1) is 9.55. The zero-order valence-corrected chi connectivity index (χ0v) is 12.4. The van der Waals surface area contributed by atoms with Crippen LogP contribution >= 0.6 is 11.6 Å². The van der Waals surface area contributed by atoms with E-state index in [1.807, 2.05) is 24.6 Å². The molecule has 1 atom stereocenters. The molecule has 108 valence electrons. The molecule has 0 spiro atoms. The summed E-state index contributed by atoms with van der Waals surface area (Å²) in [6.07, 6.45) is 0.495. The molecule has 5 heteroatoms. The van der Waals surface area contributed by atoms with Crippen LogP contribution in [0.4, 0.5) is 4.39 Å². The predicted octanol–water partition coefficient (Wildman–Crippen LogP) is 3.53. The molecular formula is C15H18ClFN2O. The van der Waals surface area contributed by atoms with Crippen LogP contribution in [0.3, 0.4) is 0 Å². The zero-order chi connectivity index (χ0) is 14.7. The molecule has 1 unspecified atom stereocenters. The third-order valence-corrected chi connectivity index (χ3v) is 3.63. The van der Waals surface area contributed by atoms with Gasteiger partial charge in [0.05, 0.1) is 11.8 Å². The van der Waals surface area contributed by atoms with Crippen LogP contribution in [0.15, 0.2) is 24.3 Å². The highest BCUT2D eigenvalue weighted by molar-refractivity contribution is 6.31. The molecule has 0 saturated carbocycles. The van der Waals surface area contributed by atoms with Crippen LogP contribution in [0, 0.1) is 5.82 Å². The van der Waals surface area contributed by atoms with Crippen LogP contribution in [0.25, 0.3) is 0 Å². The maximum atomic E-state index is 13.0. The van der Waals surface area contributed by atoms with Gasteiger partial charge in [-0.1, -0.05) is 24.6 Å². The van der Waals surface area contributed by atoms with Crippen LogP contribution in [0.1, 0.15) is 36.9 Å². The maximum absolute atomic E-state index is 13.0. The van der Waals surface area contributed by atoms with E-state index in [-0.39, 0.29) is 5.02 Å². The molecule has 3 nitrogen and oxygen atoms in total. The third-order valence-electron chi connectivity index (χ3n) is 3.30. The standard InChI is InChI=1S/C15H18ClFN2O/c1-3-11-8-12(19(4-2)18-11)9-15(20)13-6-5-10(17)7-14(13)16/h5-8,15,20H,3-4,9H2,1-2H3. The van der Waals surface area contributed by atoms with E-state index in [2.05, 4.69) is 5.10 Å². The van der Waals surface area contributed by atoms with Crippen molar-refractivity contribution in [3.8, 4) is 0 Å². The Morgan fingerprint density at radius 2 is 2.10 bits per heavy atom. The molecule has 1 aromatic heterocycles. The van der Waals surface area contributed by atoms with Gasteiger partial charge in [-0.05, 0) is 37.1 Å². The molecule has 2 aromatic rings. The number of hydrogen-bond acceptors (Lipinski definition) is 2. The SMILES string of the molecule is CCc1cc(CC(O)c2ccc(F)cc2Cl)n(CC)n1. The Labute approximate surface area is 123 Å². The summed E-state index contributed by atoms with van der Waals surface area (Å²) in [4.78, 5) is 0. The topological polar surface area (TPSA) is 38.0 Å². The van der Waals surface area contributed by atoms with Gasteiger partial charge in [0.1, 0.15) is 5.82 Å². The number of hydrogen-bond donors (Lipinski definition) is 1. The number of nitrogens with zero attached hydrogens (tertiary/aromatic N) is 2. The molecule has 0 amide bonds. The van der Waals surface area contributed by atoms with Crippen molar-refractivity contribution in [2.75, 3.05) is 0 Å². The van der Waals surface area contributed by atoms with Crippen molar-refractivity contribution < 1.29 is 9.50 Å². The summed E-state index contributed by atoms with van der Waals surface area (Å²) in [7, 11) is 0. The first-order valence-electron chi connectivity index (χ1n) is 6.73. The molecule has 0 aliphatic carbocycles. The van der Waals surface area contributed by atoms with Crippen LogP contribution in [-0.2, 0) is 19.4 Å². The van der Waals surface area contributed by atoms with E-state index in [0.717, 1.165) is 24.4 Å². The van der Waals surface area contributed by atoms with E-state index in [4.69, 9.17) is 11.6 Å². The largest absolute Gasteiger partial charge is 0.388 e. The van der Waals surface area contributed by atoms with Gasteiger partial charge in [-0.25, -0.2) is 4.39 Å². The average molecular weight is 297 g/mol. The van der Waals surface area contributed by atoms with Crippen LogP contribution < -0.4 is 0 Å². The van der Waals surface area contributed by atoms with Crippen molar-refractivity contribution in [1.82, 2.24) is 9.78 Å². The Morgan fingerprint density at radius 3 is 2.70 bits per heavy atom. The molecule has 0 saturated heterocycles. The summed E-state index contributed by atoms with van der Waals surface area (Å²) in [5.74, 6) is -0.405. The first-order valence-corrected chi connectivity index (χ1v) is 7.11. The van der Waals surface area contributed by atoms with Gasteiger partial charge in [0.25, 0.3) is 0 Å². The molecule has 1 N–H and O–H groups in total. The predicted molar refractivity (Wildman–Crippen MR) is 77.4 cm³/mol. The van der Waals surface area contributed by atoms with Gasteiger partial charge in [0, 0.05) is 23.7 Å². The van der Waals surface area contributed by atoms with Crippen molar-refractivity contribution >= 4 is 11.6 Å². The smallest absolute Gasteiger partial charge is 0.124 e. The second-order valence-electron chi connectivity index (χ2n) is 4.68. The molecule has 0 aliphatic heterocycles. The summed E-state index contributed by atoms with van der Waals surface area (Å²) in [5.41, 5.74) is 2.49. The quantitative estimate of drug-likeness (QED) is 0.916. The first kappa shape index (κ1) is 15.0. The Morgan fingerprint density at radius 1 is 1.35 bits per heavy atom. The highest BCUT2D eigenvalue weighted by Gasteiger charge is 2.16. The van der Waals surface area contributed by atoms with Gasteiger partial charge in [0.2, 0.25) is 0 Å². The second-order valence-corrected chi connectivity index (χ2v) is 5.09. The summed E-state index contributed by atoms with van der Waals surface area (Å²) in [5, 5.41) is 15.0. The minimum absolute atomic E-state index is 0.246. The molecule has 1 aromatic carbocycles. The highest BCUT2D eigenvalue weighted by Crippen LogP contribution is 2.26. The molecular weight excluding hydrogens is 279 g/mol. The van der Waals surface area contributed by atoms with Gasteiger partial charge in [0.15, 0.2) is 0 Å². The normalized spacial score (nSPS) is 12.7. The van der Waals surface area contributed by atoms with Gasteiger partial charge < -0.3 is 5.11 Å². The number of aryl methyl sites for hydroxylation is 2. The van der Waals surface area contributed by atoms with Crippen molar-refractivity contribution in [3.05, 3.63) is 52.1 Å². The van der Waals surface area contributed by atoms with Crippen molar-refractivity contribution in [1.29, 1.82) is 0 Å². The number of halogens is 2. The van der Waals surface area contributed by atoms with E-state index in [1.165, 1.54) is 18.2 Å². The van der Waals surface area contributed by atoms with E-state index in [9.17, 15) is 9.50 Å². The summed E-state index contributed by atoms with van der Waals surface area (Å²) >= 11 is 5.97. The molecule has 0 bridgehead atoms. The van der Waals surface area contributed by atoms with Gasteiger partial charge in [-0.2, -0.15) is 5.10 Å². The lowest BCUT2D eigenvalue weighted by atomic mass is 10.0. The fourth-order valence-electron chi connectivity index (χ4n) is 2.21. The van der Waals surface area contributed by atoms with E-state index in [0.29, 0.717) is 12.0 Å². The van der Waals surface area contributed by atoms with E-state index >= 15 is 0 Å². The Hall–Kier alpha value is -1.39. The second kappa shape index (κ2) is 6.37. The molecule has 0 radical (unpaired) electrons. The Bertz CT molecular complexity index is 598.